The topological polar surface area (TPSA) is 0 Å². The van der Waals surface area contributed by atoms with Crippen LogP contribution < -0.4 is 0 Å². The van der Waals surface area contributed by atoms with Gasteiger partial charge in [-0.05, 0) is 138 Å². The zero-order valence-electron chi connectivity index (χ0n) is 39.7. The standard InChI is InChI=1S/C60H68S/c1-56(2,3)45-26-16-39(17-27-45)50-51(40-18-28-46(29-19-40)57(4,5)6)53(42-22-32-48(33-23-42)59(10,11)12)55(44-36-37-61-38-44)54(43-24-34-49(35-25-43)60(13,14)15)52(50)41-20-30-47(31-21-41)58(7,8)9/h16-38H,1-15H3. The number of thiophene rings is 1. The van der Waals surface area contributed by atoms with Crippen molar-refractivity contribution >= 4 is 11.3 Å². The van der Waals surface area contributed by atoms with E-state index in [1.807, 2.05) is 0 Å². The van der Waals surface area contributed by atoms with Gasteiger partial charge in [-0.1, -0.05) is 225 Å². The van der Waals surface area contributed by atoms with Crippen LogP contribution in [0.25, 0.3) is 66.8 Å². The Morgan fingerprint density at radius 1 is 0.230 bits per heavy atom. The summed E-state index contributed by atoms with van der Waals surface area (Å²) in [6, 6.07) is 49.8. The molecule has 6 aromatic carbocycles. The van der Waals surface area contributed by atoms with Crippen molar-refractivity contribution in [2.45, 2.75) is 131 Å². The third-order valence-corrected chi connectivity index (χ3v) is 13.2. The van der Waals surface area contributed by atoms with E-state index in [1.165, 1.54) is 94.6 Å². The predicted molar refractivity (Wildman–Crippen MR) is 270 cm³/mol. The fraction of sp³-hybridized carbons (Fsp3) is 0.333. The van der Waals surface area contributed by atoms with Crippen molar-refractivity contribution in [1.29, 1.82) is 0 Å². The smallest absolute Gasteiger partial charge is 0.000553 e. The highest BCUT2D eigenvalue weighted by atomic mass is 32.1. The van der Waals surface area contributed by atoms with Gasteiger partial charge in [0.2, 0.25) is 0 Å². The molecule has 0 atom stereocenters. The van der Waals surface area contributed by atoms with Gasteiger partial charge in [0, 0.05) is 0 Å². The molecule has 0 aliphatic carbocycles. The second kappa shape index (κ2) is 16.0. The lowest BCUT2D eigenvalue weighted by atomic mass is 9.73. The zero-order valence-corrected chi connectivity index (χ0v) is 40.5. The van der Waals surface area contributed by atoms with Gasteiger partial charge in [0.1, 0.15) is 0 Å². The predicted octanol–water partition coefficient (Wildman–Crippen LogP) is 18.2. The molecule has 0 aliphatic heterocycles. The highest BCUT2D eigenvalue weighted by Crippen LogP contribution is 2.56. The molecule has 61 heavy (non-hydrogen) atoms. The molecule has 0 spiro atoms. The largest absolute Gasteiger partial charge is 0.152 e. The average molecular weight is 821 g/mol. The summed E-state index contributed by atoms with van der Waals surface area (Å²) in [5.74, 6) is 0. The molecule has 0 fully saturated rings. The van der Waals surface area contributed by atoms with Crippen LogP contribution in [0, 0.1) is 0 Å². The Bertz CT molecular complexity index is 2460. The van der Waals surface area contributed by atoms with Crippen LogP contribution in [0.3, 0.4) is 0 Å². The molecular weight excluding hydrogens is 753 g/mol. The van der Waals surface area contributed by atoms with Crippen LogP contribution in [0.2, 0.25) is 0 Å². The first-order chi connectivity index (χ1) is 28.4. The Hall–Kier alpha value is -4.98. The van der Waals surface area contributed by atoms with Gasteiger partial charge in [0.05, 0.1) is 0 Å². The maximum absolute atomic E-state index is 2.39. The second-order valence-electron chi connectivity index (χ2n) is 22.4. The molecule has 1 aromatic heterocycles. The molecule has 1 heterocycles. The minimum atomic E-state index is 0.0263. The Kier molecular flexibility index (Phi) is 11.6. The van der Waals surface area contributed by atoms with E-state index >= 15 is 0 Å². The maximum Gasteiger partial charge on any atom is -0.000553 e. The Morgan fingerprint density at radius 2 is 0.410 bits per heavy atom. The number of hydrogen-bond donors (Lipinski definition) is 0. The van der Waals surface area contributed by atoms with Gasteiger partial charge < -0.3 is 0 Å². The molecule has 0 unspecified atom stereocenters. The SMILES string of the molecule is CC(C)(C)c1ccc(-c2c(-c3ccc(C(C)(C)C)cc3)c(-c3ccc(C(C)(C)C)cc3)c(-c3ccsc3)c(-c3ccc(C(C)(C)C)cc3)c2-c2ccc(C(C)(C)C)cc2)cc1. The molecule has 0 radical (unpaired) electrons. The molecule has 0 N–H and O–H groups in total. The van der Waals surface area contributed by atoms with Crippen molar-refractivity contribution in [1.82, 2.24) is 0 Å². The summed E-state index contributed by atoms with van der Waals surface area (Å²) in [5, 5.41) is 4.59. The van der Waals surface area contributed by atoms with E-state index in [0.717, 1.165) is 0 Å². The zero-order chi connectivity index (χ0) is 44.3. The number of rotatable bonds is 6. The van der Waals surface area contributed by atoms with Gasteiger partial charge in [-0.15, -0.1) is 0 Å². The molecular formula is C60H68S. The van der Waals surface area contributed by atoms with Gasteiger partial charge >= 0.3 is 0 Å². The summed E-state index contributed by atoms with van der Waals surface area (Å²) in [4.78, 5) is 0. The van der Waals surface area contributed by atoms with Gasteiger partial charge in [-0.3, -0.25) is 0 Å². The normalized spacial score (nSPS) is 12.8. The van der Waals surface area contributed by atoms with Gasteiger partial charge in [-0.25, -0.2) is 0 Å². The Balaban J connectivity index is 1.76. The lowest BCUT2D eigenvalue weighted by Gasteiger charge is -2.30. The van der Waals surface area contributed by atoms with Crippen molar-refractivity contribution in [3.63, 3.8) is 0 Å². The second-order valence-corrected chi connectivity index (χ2v) is 23.2. The Labute approximate surface area is 373 Å². The van der Waals surface area contributed by atoms with Gasteiger partial charge in [0.25, 0.3) is 0 Å². The molecule has 7 rings (SSSR count). The summed E-state index contributed by atoms with van der Waals surface area (Å²) >= 11 is 1.77. The van der Waals surface area contributed by atoms with Crippen molar-refractivity contribution in [3.05, 3.63) is 166 Å². The summed E-state index contributed by atoms with van der Waals surface area (Å²) < 4.78 is 0. The van der Waals surface area contributed by atoms with Gasteiger partial charge in [-0.2, -0.15) is 11.3 Å². The van der Waals surface area contributed by atoms with Crippen LogP contribution in [0.5, 0.6) is 0 Å². The first-order valence-corrected chi connectivity index (χ1v) is 23.2. The highest BCUT2D eigenvalue weighted by Gasteiger charge is 2.31. The van der Waals surface area contributed by atoms with Gasteiger partial charge in [0.15, 0.2) is 0 Å². The van der Waals surface area contributed by atoms with E-state index in [0.29, 0.717) is 0 Å². The van der Waals surface area contributed by atoms with Crippen molar-refractivity contribution in [2.24, 2.45) is 0 Å². The molecule has 0 saturated heterocycles. The van der Waals surface area contributed by atoms with E-state index in [-0.39, 0.29) is 27.1 Å². The molecule has 0 aliphatic rings. The van der Waals surface area contributed by atoms with Crippen LogP contribution in [0.4, 0.5) is 0 Å². The minimum Gasteiger partial charge on any atom is -0.152 e. The molecule has 1 heteroatoms. The van der Waals surface area contributed by atoms with E-state index < -0.39 is 0 Å². The average Bonchev–Trinajstić information content (AvgIpc) is 3.73. The molecule has 0 amide bonds. The summed E-state index contributed by atoms with van der Waals surface area (Å²) in [6.07, 6.45) is 0. The molecule has 314 valence electrons. The lowest BCUT2D eigenvalue weighted by Crippen LogP contribution is -2.11. The summed E-state index contributed by atoms with van der Waals surface area (Å²) in [5.41, 5.74) is 21.7. The van der Waals surface area contributed by atoms with E-state index in [9.17, 15) is 0 Å². The third-order valence-electron chi connectivity index (χ3n) is 12.5. The van der Waals surface area contributed by atoms with Crippen molar-refractivity contribution < 1.29 is 0 Å². The van der Waals surface area contributed by atoms with Crippen LogP contribution >= 0.6 is 11.3 Å². The summed E-state index contributed by atoms with van der Waals surface area (Å²) in [6.45, 7) is 34.6. The fourth-order valence-electron chi connectivity index (χ4n) is 8.57. The van der Waals surface area contributed by atoms with E-state index in [2.05, 4.69) is 242 Å². The molecule has 0 nitrogen and oxygen atoms in total. The van der Waals surface area contributed by atoms with Crippen LogP contribution in [-0.4, -0.2) is 0 Å². The van der Waals surface area contributed by atoms with E-state index in [4.69, 9.17) is 0 Å². The van der Waals surface area contributed by atoms with Crippen molar-refractivity contribution in [2.75, 3.05) is 0 Å². The third kappa shape index (κ3) is 9.15. The first-order valence-electron chi connectivity index (χ1n) is 22.2. The molecule has 0 saturated carbocycles. The monoisotopic (exact) mass is 821 g/mol. The van der Waals surface area contributed by atoms with E-state index in [1.54, 1.807) is 11.3 Å². The fourth-order valence-corrected chi connectivity index (χ4v) is 9.22. The Morgan fingerprint density at radius 3 is 0.557 bits per heavy atom. The van der Waals surface area contributed by atoms with Crippen LogP contribution in [-0.2, 0) is 27.1 Å². The lowest BCUT2D eigenvalue weighted by molar-refractivity contribution is 0.590. The first kappa shape index (κ1) is 44.1. The minimum absolute atomic E-state index is 0.0263. The quantitative estimate of drug-likeness (QED) is 0.157. The summed E-state index contributed by atoms with van der Waals surface area (Å²) in [7, 11) is 0. The highest BCUT2D eigenvalue weighted by molar-refractivity contribution is 7.08. The van der Waals surface area contributed by atoms with Crippen LogP contribution in [0.1, 0.15) is 132 Å². The number of benzene rings is 6. The number of hydrogen-bond acceptors (Lipinski definition) is 1. The molecule has 0 bridgehead atoms. The molecule has 7 aromatic rings. The van der Waals surface area contributed by atoms with Crippen molar-refractivity contribution in [3.8, 4) is 66.8 Å². The maximum atomic E-state index is 2.39. The van der Waals surface area contributed by atoms with Crippen LogP contribution in [0.15, 0.2) is 138 Å².